The Bertz CT molecular complexity index is 1520. The summed E-state index contributed by atoms with van der Waals surface area (Å²) in [4.78, 5) is 6.96. The third kappa shape index (κ3) is 3.45. The molecule has 0 fully saturated rings. The van der Waals surface area contributed by atoms with E-state index in [9.17, 15) is 5.26 Å². The first-order valence-corrected chi connectivity index (χ1v) is 14.2. The summed E-state index contributed by atoms with van der Waals surface area (Å²) in [7, 11) is 0. The second-order valence-electron chi connectivity index (χ2n) is 7.11. The zero-order chi connectivity index (χ0) is 22.4. The van der Waals surface area contributed by atoms with Crippen LogP contribution >= 0.6 is 11.3 Å². The van der Waals surface area contributed by atoms with Crippen LogP contribution in [0.25, 0.3) is 21.8 Å². The number of allylic oxidation sites excluding steroid dienone is 1. The third-order valence-electron chi connectivity index (χ3n) is 5.11. The fraction of sp³-hybridized carbons (Fsp3) is 0. The van der Waals surface area contributed by atoms with Crippen LogP contribution in [0.2, 0.25) is 0 Å². The van der Waals surface area contributed by atoms with E-state index < -0.39 is 0 Å². The van der Waals surface area contributed by atoms with Crippen LogP contribution in [-0.2, 0) is 0 Å². The zero-order valence-corrected chi connectivity index (χ0v) is 20.9. The molecule has 3 heterocycles. The molecule has 0 saturated heterocycles. The van der Waals surface area contributed by atoms with Crippen molar-refractivity contribution < 1.29 is 1.37 Å². The number of hydrogen-bond acceptors (Lipinski definition) is 4. The number of thiazole rings is 1. The monoisotopic (exact) mass is 562 g/mol. The molecule has 3 aromatic carbocycles. The van der Waals surface area contributed by atoms with E-state index in [1.807, 2.05) is 30.3 Å². The van der Waals surface area contributed by atoms with E-state index in [2.05, 4.69) is 70.6 Å². The maximum atomic E-state index is 9.90. The first-order valence-electron chi connectivity index (χ1n) is 10.5. The van der Waals surface area contributed by atoms with Crippen molar-refractivity contribution in [2.45, 2.75) is 0 Å². The van der Waals surface area contributed by atoms with E-state index in [0.29, 0.717) is 10.6 Å². The van der Waals surface area contributed by atoms with Gasteiger partial charge in [-0.05, 0) is 0 Å². The molecule has 6 rings (SSSR count). The van der Waals surface area contributed by atoms with Gasteiger partial charge >= 0.3 is 204 Å². The third-order valence-corrected chi connectivity index (χ3v) is 10.6. The molecule has 2 aromatic heterocycles. The number of hydrogen-bond donors (Lipinski definition) is 0. The van der Waals surface area contributed by atoms with E-state index >= 15 is 0 Å². The van der Waals surface area contributed by atoms with Crippen molar-refractivity contribution in [1.82, 2.24) is 4.98 Å². The normalized spacial score (nSPS) is 13.7. The van der Waals surface area contributed by atoms with Crippen LogP contribution in [0, 0.1) is 11.3 Å². The van der Waals surface area contributed by atoms with Crippen molar-refractivity contribution in [3.63, 3.8) is 0 Å². The van der Waals surface area contributed by atoms with Gasteiger partial charge in [0, 0.05) is 0 Å². The summed E-state index contributed by atoms with van der Waals surface area (Å²) in [5.74, 6) is 0. The molecule has 152 valence electrons. The number of aromatic nitrogens is 1. The van der Waals surface area contributed by atoms with Crippen LogP contribution in [-0.4, -0.2) is 34.4 Å². The van der Waals surface area contributed by atoms with Crippen LogP contribution in [0.3, 0.4) is 0 Å². The predicted molar refractivity (Wildman–Crippen MR) is 136 cm³/mol. The minimum atomic E-state index is -0.0968. The molecule has 5 aromatic rings. The summed E-state index contributed by atoms with van der Waals surface area (Å²) < 4.78 is 14.7. The molecule has 0 atom stereocenters. The molecule has 0 amide bonds. The first-order chi connectivity index (χ1) is 16.2. The van der Waals surface area contributed by atoms with E-state index in [1.165, 1.54) is 36.2 Å². The van der Waals surface area contributed by atoms with Gasteiger partial charge in [-0.25, -0.2) is 0 Å². The topological polar surface area (TPSA) is 39.9 Å². The SMILES string of the molecule is [2H]/C(=C(/C#N)c1nc2ccccc2s1)c1ccc(N2c3ccccc3[Se]c3ccccc32)[se]1. The van der Waals surface area contributed by atoms with Crippen molar-refractivity contribution >= 4 is 87.5 Å². The molecule has 0 spiro atoms. The van der Waals surface area contributed by atoms with Gasteiger partial charge in [-0.1, -0.05) is 0 Å². The molecule has 3 nitrogen and oxygen atoms in total. The van der Waals surface area contributed by atoms with Crippen molar-refractivity contribution in [3.05, 3.63) is 94.4 Å². The van der Waals surface area contributed by atoms with Crippen molar-refractivity contribution in [2.24, 2.45) is 0 Å². The fourth-order valence-corrected chi connectivity index (χ4v) is 8.79. The Morgan fingerprint density at radius 3 is 2.34 bits per heavy atom. The number of fused-ring (bicyclic) bond motifs is 3. The summed E-state index contributed by atoms with van der Waals surface area (Å²) in [5.41, 5.74) is 3.66. The maximum absolute atomic E-state index is 9.90. The van der Waals surface area contributed by atoms with Crippen molar-refractivity contribution in [3.8, 4) is 6.07 Å². The number of benzene rings is 3. The molecule has 0 unspecified atom stereocenters. The second kappa shape index (κ2) is 8.22. The van der Waals surface area contributed by atoms with E-state index in [4.69, 9.17) is 1.37 Å². The van der Waals surface area contributed by atoms with E-state index in [0.717, 1.165) is 14.7 Å². The molecular weight excluding hydrogens is 544 g/mol. The van der Waals surface area contributed by atoms with Gasteiger partial charge < -0.3 is 0 Å². The predicted octanol–water partition coefficient (Wildman–Crippen LogP) is 4.86. The summed E-state index contributed by atoms with van der Waals surface area (Å²) in [6, 6.07) is 31.7. The van der Waals surface area contributed by atoms with Gasteiger partial charge in [0.1, 0.15) is 0 Å². The molecule has 6 heteroatoms. The van der Waals surface area contributed by atoms with Gasteiger partial charge in [0.2, 0.25) is 0 Å². The molecule has 1 aliphatic heterocycles. The second-order valence-corrected chi connectivity index (χ2v) is 12.6. The Balaban J connectivity index is 1.45. The van der Waals surface area contributed by atoms with Gasteiger partial charge in [0.15, 0.2) is 0 Å². The van der Waals surface area contributed by atoms with Crippen LogP contribution in [0.5, 0.6) is 0 Å². The summed E-state index contributed by atoms with van der Waals surface area (Å²) >= 11 is 1.64. The minimum absolute atomic E-state index is 0.0968. The number of rotatable bonds is 3. The van der Waals surface area contributed by atoms with Gasteiger partial charge in [0.05, 0.1) is 0 Å². The quantitative estimate of drug-likeness (QED) is 0.230. The number of para-hydroxylation sites is 3. The van der Waals surface area contributed by atoms with Crippen LogP contribution < -0.4 is 13.8 Å². The number of nitriles is 1. The fourth-order valence-electron chi connectivity index (χ4n) is 3.69. The molecule has 0 N–H and O–H groups in total. The van der Waals surface area contributed by atoms with Crippen LogP contribution in [0.1, 0.15) is 10.8 Å². The van der Waals surface area contributed by atoms with E-state index in [-0.39, 0.29) is 35.5 Å². The molecule has 0 saturated carbocycles. The van der Waals surface area contributed by atoms with Crippen LogP contribution in [0.15, 0.2) is 84.9 Å². The molecular formula is C26H15N3SSe2. The average Bonchev–Trinajstić information content (AvgIpc) is 3.50. The summed E-state index contributed by atoms with van der Waals surface area (Å²) in [6.45, 7) is 0. The summed E-state index contributed by atoms with van der Waals surface area (Å²) in [6.07, 6.45) is 0. The van der Waals surface area contributed by atoms with Gasteiger partial charge in [-0.2, -0.15) is 0 Å². The Kier molecular flexibility index (Phi) is 4.79. The average molecular weight is 560 g/mol. The molecule has 0 aliphatic carbocycles. The number of nitrogens with zero attached hydrogens (tertiary/aromatic N) is 3. The standard InChI is InChI=1S/C26H15N3SSe2/c27-16-17(26-28-19-7-1-4-10-22(19)30-26)15-18-13-14-25(31-18)29-20-8-2-5-11-23(20)32-24-12-6-3-9-21(24)29/h1-15H/b17-15+/i15D. The van der Waals surface area contributed by atoms with Crippen molar-refractivity contribution in [1.29, 1.82) is 5.26 Å². The van der Waals surface area contributed by atoms with Crippen molar-refractivity contribution in [2.75, 3.05) is 4.90 Å². The zero-order valence-electron chi connectivity index (χ0n) is 17.6. The Hall–Kier alpha value is -2.90. The number of anilines is 3. The molecule has 0 radical (unpaired) electrons. The molecule has 32 heavy (non-hydrogen) atoms. The van der Waals surface area contributed by atoms with Gasteiger partial charge in [0.25, 0.3) is 0 Å². The Morgan fingerprint density at radius 2 is 1.62 bits per heavy atom. The van der Waals surface area contributed by atoms with Gasteiger partial charge in [-0.3, -0.25) is 0 Å². The molecule has 0 bridgehead atoms. The first kappa shape index (κ1) is 18.6. The van der Waals surface area contributed by atoms with Crippen LogP contribution in [0.4, 0.5) is 15.9 Å². The summed E-state index contributed by atoms with van der Waals surface area (Å²) in [5, 5.41) is 10.5. The van der Waals surface area contributed by atoms with E-state index in [1.54, 1.807) is 0 Å². The Morgan fingerprint density at radius 1 is 0.938 bits per heavy atom. The molecule has 1 aliphatic rings. The van der Waals surface area contributed by atoms with Gasteiger partial charge in [-0.15, -0.1) is 0 Å². The Labute approximate surface area is 203 Å².